The maximum Gasteiger partial charge on any atom is 0.407 e. The number of alkyl carbamates (subject to hydrolysis) is 1. The number of ether oxygens (including phenoxy) is 1. The molecule has 13 heavy (non-hydrogen) atoms. The van der Waals surface area contributed by atoms with Crippen LogP contribution in [0.15, 0.2) is 17.9 Å². The van der Waals surface area contributed by atoms with Crippen molar-refractivity contribution in [1.29, 1.82) is 0 Å². The van der Waals surface area contributed by atoms with Crippen LogP contribution in [0.3, 0.4) is 0 Å². The van der Waals surface area contributed by atoms with Gasteiger partial charge in [0.25, 0.3) is 0 Å². The lowest BCUT2D eigenvalue weighted by molar-refractivity contribution is 0.0534. The molecule has 1 amide bonds. The Morgan fingerprint density at radius 1 is 1.54 bits per heavy atom. The molecule has 0 heterocycles. The summed E-state index contributed by atoms with van der Waals surface area (Å²) >= 11 is 0. The molecule has 0 aromatic rings. The Morgan fingerprint density at radius 3 is 2.62 bits per heavy atom. The third kappa shape index (κ3) is 8.70. The fourth-order valence-corrected chi connectivity index (χ4v) is 0.625. The molecule has 0 saturated carbocycles. The maximum atomic E-state index is 11.0. The summed E-state index contributed by atoms with van der Waals surface area (Å²) < 4.78 is 5.01. The Labute approximate surface area is 79.5 Å². The highest BCUT2D eigenvalue weighted by Gasteiger charge is 2.14. The van der Waals surface area contributed by atoms with E-state index >= 15 is 0 Å². The molecule has 0 unspecified atom stereocenters. The van der Waals surface area contributed by atoms with Crippen LogP contribution in [0.25, 0.3) is 0 Å². The Hall–Kier alpha value is -1.21. The SMILES string of the molecule is CC=C=CCNC(=O)OC(C)(C)C. The average Bonchev–Trinajstić information content (AvgIpc) is 1.94. The van der Waals surface area contributed by atoms with Gasteiger partial charge in [-0.3, -0.25) is 0 Å². The van der Waals surface area contributed by atoms with E-state index in [1.54, 1.807) is 12.2 Å². The van der Waals surface area contributed by atoms with Crippen LogP contribution in [0.2, 0.25) is 0 Å². The summed E-state index contributed by atoms with van der Waals surface area (Å²) in [6.07, 6.45) is 3.10. The second kappa shape index (κ2) is 5.44. The zero-order valence-electron chi connectivity index (χ0n) is 8.68. The summed E-state index contributed by atoms with van der Waals surface area (Å²) in [5, 5.41) is 2.57. The van der Waals surface area contributed by atoms with Crippen molar-refractivity contribution >= 4 is 6.09 Å². The van der Waals surface area contributed by atoms with Crippen LogP contribution in [0.1, 0.15) is 27.7 Å². The van der Waals surface area contributed by atoms with Gasteiger partial charge in [0, 0.05) is 6.54 Å². The monoisotopic (exact) mass is 183 g/mol. The largest absolute Gasteiger partial charge is 0.444 e. The van der Waals surface area contributed by atoms with Crippen molar-refractivity contribution in [1.82, 2.24) is 5.32 Å². The minimum atomic E-state index is -0.436. The molecule has 0 aromatic heterocycles. The third-order valence-corrected chi connectivity index (χ3v) is 1.03. The van der Waals surface area contributed by atoms with Crippen molar-refractivity contribution in [2.24, 2.45) is 0 Å². The molecule has 0 rings (SSSR count). The number of hydrogen-bond donors (Lipinski definition) is 1. The molecule has 0 fully saturated rings. The van der Waals surface area contributed by atoms with Crippen LogP contribution in [-0.4, -0.2) is 18.2 Å². The van der Waals surface area contributed by atoms with E-state index in [0.29, 0.717) is 6.54 Å². The summed E-state index contributed by atoms with van der Waals surface area (Å²) in [7, 11) is 0. The number of carbonyl (C=O) groups is 1. The van der Waals surface area contributed by atoms with Gasteiger partial charge in [-0.1, -0.05) is 0 Å². The van der Waals surface area contributed by atoms with Crippen molar-refractivity contribution in [3.63, 3.8) is 0 Å². The molecule has 0 radical (unpaired) electrons. The molecular weight excluding hydrogens is 166 g/mol. The highest BCUT2D eigenvalue weighted by atomic mass is 16.6. The van der Waals surface area contributed by atoms with E-state index in [2.05, 4.69) is 11.0 Å². The topological polar surface area (TPSA) is 38.3 Å². The van der Waals surface area contributed by atoms with Gasteiger partial charge in [0.05, 0.1) is 0 Å². The van der Waals surface area contributed by atoms with Crippen molar-refractivity contribution in [3.05, 3.63) is 17.9 Å². The van der Waals surface area contributed by atoms with E-state index in [1.165, 1.54) is 0 Å². The molecule has 1 N–H and O–H groups in total. The Bertz CT molecular complexity index is 220. The molecule has 3 heteroatoms. The lowest BCUT2D eigenvalue weighted by Gasteiger charge is -2.19. The standard InChI is InChI=1S/C10H17NO2/c1-5-6-7-8-11-9(12)13-10(2,3)4/h5,7H,8H2,1-4H3,(H,11,12). The van der Waals surface area contributed by atoms with E-state index in [1.807, 2.05) is 27.7 Å². The first-order chi connectivity index (χ1) is 5.95. The van der Waals surface area contributed by atoms with E-state index in [-0.39, 0.29) is 0 Å². The minimum absolute atomic E-state index is 0.401. The van der Waals surface area contributed by atoms with Crippen molar-refractivity contribution in [2.75, 3.05) is 6.54 Å². The van der Waals surface area contributed by atoms with Gasteiger partial charge in [-0.05, 0) is 39.8 Å². The van der Waals surface area contributed by atoms with E-state index in [9.17, 15) is 4.79 Å². The molecule has 0 aliphatic carbocycles. The van der Waals surface area contributed by atoms with Crippen LogP contribution < -0.4 is 5.32 Å². The van der Waals surface area contributed by atoms with Crippen molar-refractivity contribution in [3.8, 4) is 0 Å². The maximum absolute atomic E-state index is 11.0. The van der Waals surface area contributed by atoms with Crippen LogP contribution in [0, 0.1) is 0 Å². The van der Waals surface area contributed by atoms with Crippen LogP contribution in [0.5, 0.6) is 0 Å². The summed E-state index contributed by atoms with van der Waals surface area (Å²) in [5.41, 5.74) is 2.41. The quantitative estimate of drug-likeness (QED) is 0.667. The molecule has 0 aliphatic rings. The Kier molecular flexibility index (Phi) is 4.93. The van der Waals surface area contributed by atoms with Crippen molar-refractivity contribution in [2.45, 2.75) is 33.3 Å². The third-order valence-electron chi connectivity index (χ3n) is 1.03. The first-order valence-corrected chi connectivity index (χ1v) is 4.28. The molecule has 0 atom stereocenters. The average molecular weight is 183 g/mol. The molecule has 0 aliphatic heterocycles. The van der Waals surface area contributed by atoms with Crippen LogP contribution in [0.4, 0.5) is 4.79 Å². The summed E-state index contributed by atoms with van der Waals surface area (Å²) in [5.74, 6) is 0. The van der Waals surface area contributed by atoms with Gasteiger partial charge in [0.2, 0.25) is 0 Å². The fraction of sp³-hybridized carbons (Fsp3) is 0.600. The summed E-state index contributed by atoms with van der Waals surface area (Å²) in [6.45, 7) is 7.79. The predicted octanol–water partition coefficient (Wildman–Crippen LogP) is 2.24. The van der Waals surface area contributed by atoms with Gasteiger partial charge in [0.1, 0.15) is 5.60 Å². The zero-order chi connectivity index (χ0) is 10.3. The smallest absolute Gasteiger partial charge is 0.407 e. The van der Waals surface area contributed by atoms with Crippen LogP contribution in [-0.2, 0) is 4.74 Å². The van der Waals surface area contributed by atoms with E-state index in [4.69, 9.17) is 4.74 Å². The highest BCUT2D eigenvalue weighted by Crippen LogP contribution is 2.05. The summed E-state index contributed by atoms with van der Waals surface area (Å²) in [6, 6.07) is 0. The second-order valence-electron chi connectivity index (χ2n) is 3.54. The van der Waals surface area contributed by atoms with Gasteiger partial charge < -0.3 is 10.1 Å². The van der Waals surface area contributed by atoms with Crippen molar-refractivity contribution < 1.29 is 9.53 Å². The number of amides is 1. The van der Waals surface area contributed by atoms with Gasteiger partial charge in [-0.25, -0.2) is 4.79 Å². The minimum Gasteiger partial charge on any atom is -0.444 e. The van der Waals surface area contributed by atoms with Crippen LogP contribution >= 0.6 is 0 Å². The second-order valence-corrected chi connectivity index (χ2v) is 3.54. The molecule has 74 valence electrons. The number of hydrogen-bond acceptors (Lipinski definition) is 2. The number of rotatable bonds is 2. The Morgan fingerprint density at radius 2 is 2.15 bits per heavy atom. The molecule has 0 spiro atoms. The number of nitrogens with one attached hydrogen (secondary N) is 1. The number of carbonyl (C=O) groups excluding carboxylic acids is 1. The Balaban J connectivity index is 3.71. The summed E-state index contributed by atoms with van der Waals surface area (Å²) in [4.78, 5) is 11.0. The predicted molar refractivity (Wildman–Crippen MR) is 52.6 cm³/mol. The van der Waals surface area contributed by atoms with Gasteiger partial charge >= 0.3 is 6.09 Å². The van der Waals surface area contributed by atoms with Gasteiger partial charge in [-0.15, -0.1) is 5.73 Å². The fourth-order valence-electron chi connectivity index (χ4n) is 0.625. The molecule has 3 nitrogen and oxygen atoms in total. The van der Waals surface area contributed by atoms with E-state index in [0.717, 1.165) is 0 Å². The highest BCUT2D eigenvalue weighted by molar-refractivity contribution is 5.67. The normalized spacial score (nSPS) is 9.85. The molecule has 0 saturated heterocycles. The lowest BCUT2D eigenvalue weighted by Crippen LogP contribution is -2.32. The van der Waals surface area contributed by atoms with E-state index < -0.39 is 11.7 Å². The first kappa shape index (κ1) is 11.8. The van der Waals surface area contributed by atoms with Gasteiger partial charge in [-0.2, -0.15) is 0 Å². The molecule has 0 aromatic carbocycles. The van der Waals surface area contributed by atoms with Gasteiger partial charge in [0.15, 0.2) is 0 Å². The lowest BCUT2D eigenvalue weighted by atomic mass is 10.2. The first-order valence-electron chi connectivity index (χ1n) is 4.28. The molecular formula is C10H17NO2. The molecule has 0 bridgehead atoms. The zero-order valence-corrected chi connectivity index (χ0v) is 8.68.